The molecule has 4 nitrogen and oxygen atoms in total. The lowest BCUT2D eigenvalue weighted by atomic mass is 10.2. The fourth-order valence-electron chi connectivity index (χ4n) is 1.78. The van der Waals surface area contributed by atoms with Gasteiger partial charge in [-0.15, -0.1) is 11.3 Å². The molecule has 0 bridgehead atoms. The number of carbonyl (C=O) groups is 1. The van der Waals surface area contributed by atoms with E-state index in [0.29, 0.717) is 0 Å². The Kier molecular flexibility index (Phi) is 4.27. The normalized spacial score (nSPS) is 12.2. The second kappa shape index (κ2) is 5.93. The number of amides is 1. The Morgan fingerprint density at radius 1 is 1.42 bits per heavy atom. The highest BCUT2D eigenvalue weighted by atomic mass is 32.1. The molecule has 2 aromatic rings. The molecule has 19 heavy (non-hydrogen) atoms. The molecular formula is C14H17N3OS. The fraction of sp³-hybridized carbons (Fsp3) is 0.357. The summed E-state index contributed by atoms with van der Waals surface area (Å²) in [5.41, 5.74) is 0.845. The molecular weight excluding hydrogens is 258 g/mol. The van der Waals surface area contributed by atoms with Gasteiger partial charge in [-0.05, 0) is 31.5 Å². The van der Waals surface area contributed by atoms with Crippen molar-refractivity contribution in [2.75, 3.05) is 7.05 Å². The van der Waals surface area contributed by atoms with Crippen LogP contribution in [0.5, 0.6) is 0 Å². The first-order chi connectivity index (χ1) is 9.13. The third-order valence-electron chi connectivity index (χ3n) is 3.16. The van der Waals surface area contributed by atoms with E-state index in [9.17, 15) is 4.79 Å². The van der Waals surface area contributed by atoms with Crippen molar-refractivity contribution in [1.82, 2.24) is 14.9 Å². The smallest absolute Gasteiger partial charge is 0.264 e. The van der Waals surface area contributed by atoms with Gasteiger partial charge >= 0.3 is 0 Å². The maximum Gasteiger partial charge on any atom is 0.264 e. The highest BCUT2D eigenvalue weighted by Crippen LogP contribution is 2.23. The zero-order valence-electron chi connectivity index (χ0n) is 11.3. The number of rotatable bonds is 4. The number of thiophene rings is 1. The molecule has 1 atom stereocenters. The van der Waals surface area contributed by atoms with Crippen LogP contribution < -0.4 is 0 Å². The summed E-state index contributed by atoms with van der Waals surface area (Å²) in [6, 6.07) is 5.68. The minimum absolute atomic E-state index is 0.0378. The van der Waals surface area contributed by atoms with Gasteiger partial charge in [-0.3, -0.25) is 4.79 Å². The number of aromatic nitrogens is 2. The molecule has 2 aromatic heterocycles. The van der Waals surface area contributed by atoms with Gasteiger partial charge in [-0.25, -0.2) is 9.97 Å². The molecule has 5 heteroatoms. The Labute approximate surface area is 117 Å². The van der Waals surface area contributed by atoms with Gasteiger partial charge in [0.25, 0.3) is 5.91 Å². The summed E-state index contributed by atoms with van der Waals surface area (Å²) in [5, 5.41) is 0. The van der Waals surface area contributed by atoms with E-state index in [0.717, 1.165) is 17.0 Å². The number of hydrogen-bond donors (Lipinski definition) is 0. The monoisotopic (exact) mass is 275 g/mol. The van der Waals surface area contributed by atoms with E-state index in [1.165, 1.54) is 11.2 Å². The van der Waals surface area contributed by atoms with E-state index < -0.39 is 0 Å². The van der Waals surface area contributed by atoms with Crippen LogP contribution in [0.25, 0.3) is 0 Å². The third kappa shape index (κ3) is 2.98. The summed E-state index contributed by atoms with van der Waals surface area (Å²) in [6.45, 7) is 4.06. The summed E-state index contributed by atoms with van der Waals surface area (Å²) in [6.07, 6.45) is 4.16. The summed E-state index contributed by atoms with van der Waals surface area (Å²) < 4.78 is 0. The number of nitrogens with zero attached hydrogens (tertiary/aromatic N) is 3. The zero-order chi connectivity index (χ0) is 13.8. The molecule has 2 rings (SSSR count). The van der Waals surface area contributed by atoms with Crippen LogP contribution in [-0.2, 0) is 6.42 Å². The molecule has 0 fully saturated rings. The van der Waals surface area contributed by atoms with Crippen LogP contribution in [0.1, 0.15) is 40.1 Å². The van der Waals surface area contributed by atoms with Gasteiger partial charge in [0.15, 0.2) is 0 Å². The lowest BCUT2D eigenvalue weighted by Crippen LogP contribution is -2.29. The molecule has 0 N–H and O–H groups in total. The molecule has 0 saturated heterocycles. The van der Waals surface area contributed by atoms with Crippen LogP contribution in [-0.4, -0.2) is 27.8 Å². The molecule has 0 radical (unpaired) electrons. The summed E-state index contributed by atoms with van der Waals surface area (Å²) in [7, 11) is 1.81. The van der Waals surface area contributed by atoms with Gasteiger partial charge in [-0.2, -0.15) is 0 Å². The Morgan fingerprint density at radius 2 is 2.21 bits per heavy atom. The van der Waals surface area contributed by atoms with Gasteiger partial charge in [0.2, 0.25) is 0 Å². The largest absolute Gasteiger partial charge is 0.333 e. The van der Waals surface area contributed by atoms with Gasteiger partial charge in [0.05, 0.1) is 16.6 Å². The van der Waals surface area contributed by atoms with Crippen molar-refractivity contribution in [2.45, 2.75) is 26.3 Å². The van der Waals surface area contributed by atoms with E-state index in [1.807, 2.05) is 25.1 Å². The molecule has 2 heterocycles. The highest BCUT2D eigenvalue weighted by Gasteiger charge is 2.20. The van der Waals surface area contributed by atoms with Gasteiger partial charge in [0.1, 0.15) is 6.33 Å². The standard InChI is InChI=1S/C14H17N3OS/c1-4-11-5-6-13(19-11)14(18)17(3)10(2)12-7-8-15-9-16-12/h5-10H,4H2,1-3H3/t10-/m0/s1. The summed E-state index contributed by atoms with van der Waals surface area (Å²) >= 11 is 1.56. The quantitative estimate of drug-likeness (QED) is 0.862. The fourth-order valence-corrected chi connectivity index (χ4v) is 2.71. The van der Waals surface area contributed by atoms with E-state index in [2.05, 4.69) is 16.9 Å². The van der Waals surface area contributed by atoms with Crippen LogP contribution in [0.3, 0.4) is 0 Å². The highest BCUT2D eigenvalue weighted by molar-refractivity contribution is 7.14. The predicted molar refractivity (Wildman–Crippen MR) is 76.2 cm³/mol. The predicted octanol–water partition coefficient (Wildman–Crippen LogP) is 2.93. The van der Waals surface area contributed by atoms with Crippen molar-refractivity contribution in [1.29, 1.82) is 0 Å². The van der Waals surface area contributed by atoms with Crippen molar-refractivity contribution < 1.29 is 4.79 Å². The minimum Gasteiger partial charge on any atom is -0.333 e. The zero-order valence-corrected chi connectivity index (χ0v) is 12.1. The maximum absolute atomic E-state index is 12.4. The molecule has 0 aliphatic rings. The Hall–Kier alpha value is -1.75. The number of aryl methyl sites for hydroxylation is 1. The molecule has 1 amide bonds. The second-order valence-corrected chi connectivity index (χ2v) is 5.51. The number of carbonyl (C=O) groups excluding carboxylic acids is 1. The van der Waals surface area contributed by atoms with Crippen molar-refractivity contribution in [2.24, 2.45) is 0 Å². The lowest BCUT2D eigenvalue weighted by molar-refractivity contribution is 0.0744. The molecule has 0 aromatic carbocycles. The summed E-state index contributed by atoms with van der Waals surface area (Å²) in [5.74, 6) is 0.0378. The van der Waals surface area contributed by atoms with E-state index in [4.69, 9.17) is 0 Å². The Morgan fingerprint density at radius 3 is 2.79 bits per heavy atom. The van der Waals surface area contributed by atoms with Crippen LogP contribution >= 0.6 is 11.3 Å². The van der Waals surface area contributed by atoms with Crippen molar-refractivity contribution >= 4 is 17.2 Å². The first-order valence-corrected chi connectivity index (χ1v) is 7.07. The van der Waals surface area contributed by atoms with Crippen molar-refractivity contribution in [3.63, 3.8) is 0 Å². The van der Waals surface area contributed by atoms with Crippen molar-refractivity contribution in [3.8, 4) is 0 Å². The minimum atomic E-state index is -0.0670. The van der Waals surface area contributed by atoms with Crippen LogP contribution in [0.4, 0.5) is 0 Å². The van der Waals surface area contributed by atoms with E-state index in [1.54, 1.807) is 29.5 Å². The van der Waals surface area contributed by atoms with Crippen LogP contribution in [0.2, 0.25) is 0 Å². The molecule has 0 spiro atoms. The first kappa shape index (κ1) is 13.7. The Balaban J connectivity index is 2.15. The maximum atomic E-state index is 12.4. The van der Waals surface area contributed by atoms with Gasteiger partial charge < -0.3 is 4.90 Å². The second-order valence-electron chi connectivity index (χ2n) is 4.35. The third-order valence-corrected chi connectivity index (χ3v) is 4.37. The van der Waals surface area contributed by atoms with E-state index >= 15 is 0 Å². The molecule has 0 unspecified atom stereocenters. The van der Waals surface area contributed by atoms with Gasteiger partial charge in [-0.1, -0.05) is 6.92 Å². The SMILES string of the molecule is CCc1ccc(C(=O)N(C)[C@@H](C)c2ccncn2)s1. The van der Waals surface area contributed by atoms with E-state index in [-0.39, 0.29) is 11.9 Å². The lowest BCUT2D eigenvalue weighted by Gasteiger charge is -2.23. The summed E-state index contributed by atoms with van der Waals surface area (Å²) in [4.78, 5) is 24.2. The average molecular weight is 275 g/mol. The average Bonchev–Trinajstić information content (AvgIpc) is 2.94. The van der Waals surface area contributed by atoms with Crippen LogP contribution in [0.15, 0.2) is 30.7 Å². The number of hydrogen-bond acceptors (Lipinski definition) is 4. The van der Waals surface area contributed by atoms with Gasteiger partial charge in [0, 0.05) is 18.1 Å². The van der Waals surface area contributed by atoms with Crippen LogP contribution in [0, 0.1) is 0 Å². The van der Waals surface area contributed by atoms with Crippen molar-refractivity contribution in [3.05, 3.63) is 46.2 Å². The topological polar surface area (TPSA) is 46.1 Å². The molecule has 100 valence electrons. The Bertz CT molecular complexity index is 553. The first-order valence-electron chi connectivity index (χ1n) is 6.25. The molecule has 0 saturated carbocycles. The molecule has 0 aliphatic heterocycles. The molecule has 0 aliphatic carbocycles.